The van der Waals surface area contributed by atoms with Crippen LogP contribution in [0.3, 0.4) is 0 Å². The van der Waals surface area contributed by atoms with Gasteiger partial charge in [-0.1, -0.05) is 37.0 Å². The van der Waals surface area contributed by atoms with E-state index in [1.54, 1.807) is 12.4 Å². The number of hydrogen-bond acceptors (Lipinski definition) is 2. The molecule has 0 aliphatic rings. The number of nitrogens with zero attached hydrogens (tertiary/aromatic N) is 2. The van der Waals surface area contributed by atoms with Crippen molar-refractivity contribution >= 4 is 34.0 Å². The van der Waals surface area contributed by atoms with Crippen molar-refractivity contribution in [2.24, 2.45) is 0 Å². The third-order valence-electron chi connectivity index (χ3n) is 2.34. The van der Waals surface area contributed by atoms with Crippen LogP contribution in [0.1, 0.15) is 25.3 Å². The highest BCUT2D eigenvalue weighted by molar-refractivity contribution is 6.35. The van der Waals surface area contributed by atoms with Crippen molar-refractivity contribution in [2.75, 3.05) is 0 Å². The van der Waals surface area contributed by atoms with Gasteiger partial charge in [0.05, 0.1) is 0 Å². The van der Waals surface area contributed by atoms with Gasteiger partial charge in [0, 0.05) is 17.8 Å². The van der Waals surface area contributed by atoms with Gasteiger partial charge in [-0.25, -0.2) is 9.97 Å². The van der Waals surface area contributed by atoms with Crippen molar-refractivity contribution in [3.63, 3.8) is 0 Å². The van der Waals surface area contributed by atoms with Crippen LogP contribution in [0.15, 0.2) is 18.5 Å². The standard InChI is InChI=1S/C11H10Cl2N2/c1-6(2)8-4-15-11(13)9-5-14-10(12)3-7(8)9/h3-6H,1-2H3. The van der Waals surface area contributed by atoms with Crippen LogP contribution in [-0.4, -0.2) is 9.97 Å². The van der Waals surface area contributed by atoms with Gasteiger partial charge in [0.2, 0.25) is 0 Å². The fraction of sp³-hybridized carbons (Fsp3) is 0.273. The lowest BCUT2D eigenvalue weighted by Gasteiger charge is -2.10. The van der Waals surface area contributed by atoms with Gasteiger partial charge in [0.1, 0.15) is 10.3 Å². The molecule has 2 heterocycles. The highest BCUT2D eigenvalue weighted by atomic mass is 35.5. The van der Waals surface area contributed by atoms with Crippen molar-refractivity contribution in [1.82, 2.24) is 9.97 Å². The first kappa shape index (κ1) is 10.7. The van der Waals surface area contributed by atoms with Crippen LogP contribution in [0, 0.1) is 0 Å². The zero-order valence-electron chi connectivity index (χ0n) is 8.46. The van der Waals surface area contributed by atoms with Crippen molar-refractivity contribution in [1.29, 1.82) is 0 Å². The first-order chi connectivity index (χ1) is 7.09. The summed E-state index contributed by atoms with van der Waals surface area (Å²) in [6.07, 6.45) is 3.46. The second kappa shape index (κ2) is 3.95. The molecule has 0 unspecified atom stereocenters. The highest BCUT2D eigenvalue weighted by Crippen LogP contribution is 2.29. The van der Waals surface area contributed by atoms with E-state index in [9.17, 15) is 0 Å². The van der Waals surface area contributed by atoms with Gasteiger partial charge < -0.3 is 0 Å². The maximum absolute atomic E-state index is 5.99. The lowest BCUT2D eigenvalue weighted by molar-refractivity contribution is 0.869. The molecule has 0 N–H and O–H groups in total. The van der Waals surface area contributed by atoms with Gasteiger partial charge in [-0.15, -0.1) is 0 Å². The number of hydrogen-bond donors (Lipinski definition) is 0. The Hall–Kier alpha value is -0.860. The predicted molar refractivity (Wildman–Crippen MR) is 63.6 cm³/mol. The van der Waals surface area contributed by atoms with Gasteiger partial charge in [-0.05, 0) is 22.9 Å². The minimum atomic E-state index is 0.385. The molecule has 2 rings (SSSR count). The zero-order chi connectivity index (χ0) is 11.0. The summed E-state index contributed by atoms with van der Waals surface area (Å²) < 4.78 is 0. The monoisotopic (exact) mass is 240 g/mol. The van der Waals surface area contributed by atoms with Crippen molar-refractivity contribution in [2.45, 2.75) is 19.8 Å². The van der Waals surface area contributed by atoms with Gasteiger partial charge in [-0.3, -0.25) is 0 Å². The average molecular weight is 241 g/mol. The zero-order valence-corrected chi connectivity index (χ0v) is 9.97. The molecule has 0 aliphatic heterocycles. The minimum Gasteiger partial charge on any atom is -0.244 e. The Bertz CT molecular complexity index is 509. The predicted octanol–water partition coefficient (Wildman–Crippen LogP) is 4.06. The summed E-state index contributed by atoms with van der Waals surface area (Å²) >= 11 is 11.9. The topological polar surface area (TPSA) is 25.8 Å². The maximum Gasteiger partial charge on any atom is 0.138 e. The number of fused-ring (bicyclic) bond motifs is 1. The Morgan fingerprint density at radius 1 is 1.07 bits per heavy atom. The van der Waals surface area contributed by atoms with E-state index in [0.29, 0.717) is 16.2 Å². The fourth-order valence-corrected chi connectivity index (χ4v) is 1.92. The van der Waals surface area contributed by atoms with Crippen LogP contribution in [0.2, 0.25) is 10.3 Å². The third-order valence-corrected chi connectivity index (χ3v) is 2.85. The molecule has 0 aliphatic carbocycles. The maximum atomic E-state index is 5.99. The number of rotatable bonds is 1. The van der Waals surface area contributed by atoms with Gasteiger partial charge in [0.15, 0.2) is 0 Å². The summed E-state index contributed by atoms with van der Waals surface area (Å²) in [7, 11) is 0. The summed E-state index contributed by atoms with van der Waals surface area (Å²) in [6, 6.07) is 1.83. The summed E-state index contributed by atoms with van der Waals surface area (Å²) in [5.74, 6) is 0.385. The molecule has 4 heteroatoms. The molecule has 0 bridgehead atoms. The van der Waals surface area contributed by atoms with Crippen molar-refractivity contribution in [3.05, 3.63) is 34.3 Å². The van der Waals surface area contributed by atoms with Gasteiger partial charge >= 0.3 is 0 Å². The Labute approximate surface area is 98.3 Å². The molecule has 0 spiro atoms. The SMILES string of the molecule is CC(C)c1cnc(Cl)c2cnc(Cl)cc12. The van der Waals surface area contributed by atoms with E-state index in [1.165, 1.54) is 0 Å². The molecule has 2 aromatic rings. The Balaban J connectivity index is 2.84. The van der Waals surface area contributed by atoms with Crippen molar-refractivity contribution < 1.29 is 0 Å². The van der Waals surface area contributed by atoms with Crippen molar-refractivity contribution in [3.8, 4) is 0 Å². The molecule has 0 radical (unpaired) electrons. The van der Waals surface area contributed by atoms with Crippen LogP contribution in [0.25, 0.3) is 10.8 Å². The van der Waals surface area contributed by atoms with Crippen LogP contribution in [0.5, 0.6) is 0 Å². The first-order valence-electron chi connectivity index (χ1n) is 4.69. The number of aromatic nitrogens is 2. The van der Waals surface area contributed by atoms with E-state index >= 15 is 0 Å². The van der Waals surface area contributed by atoms with E-state index < -0.39 is 0 Å². The van der Waals surface area contributed by atoms with Gasteiger partial charge in [0.25, 0.3) is 0 Å². The second-order valence-corrected chi connectivity index (χ2v) is 4.46. The molecule has 0 fully saturated rings. The molecule has 2 aromatic heterocycles. The number of pyridine rings is 2. The fourth-order valence-electron chi connectivity index (χ4n) is 1.56. The largest absolute Gasteiger partial charge is 0.244 e. The molecule has 0 atom stereocenters. The van der Waals surface area contributed by atoms with Crippen LogP contribution >= 0.6 is 23.2 Å². The molecular weight excluding hydrogens is 231 g/mol. The molecule has 0 aromatic carbocycles. The average Bonchev–Trinajstić information content (AvgIpc) is 2.17. The summed E-state index contributed by atoms with van der Waals surface area (Å²) in [5, 5.41) is 2.84. The van der Waals surface area contributed by atoms with Crippen LogP contribution in [-0.2, 0) is 0 Å². The number of halogens is 2. The van der Waals surface area contributed by atoms with Crippen LogP contribution in [0.4, 0.5) is 0 Å². The van der Waals surface area contributed by atoms with E-state index in [2.05, 4.69) is 23.8 Å². The molecular formula is C11H10Cl2N2. The summed E-state index contributed by atoms with van der Waals surface area (Å²) in [6.45, 7) is 4.22. The van der Waals surface area contributed by atoms with Crippen LogP contribution < -0.4 is 0 Å². The summed E-state index contributed by atoms with van der Waals surface area (Å²) in [4.78, 5) is 8.15. The third kappa shape index (κ3) is 1.92. The molecule has 0 saturated carbocycles. The molecule has 78 valence electrons. The lowest BCUT2D eigenvalue weighted by atomic mass is 10.0. The Morgan fingerprint density at radius 2 is 1.80 bits per heavy atom. The smallest absolute Gasteiger partial charge is 0.138 e. The minimum absolute atomic E-state index is 0.385. The molecule has 0 saturated heterocycles. The Morgan fingerprint density at radius 3 is 2.47 bits per heavy atom. The highest BCUT2D eigenvalue weighted by Gasteiger charge is 2.09. The van der Waals surface area contributed by atoms with E-state index in [0.717, 1.165) is 16.3 Å². The second-order valence-electron chi connectivity index (χ2n) is 3.71. The molecule has 15 heavy (non-hydrogen) atoms. The molecule has 2 nitrogen and oxygen atoms in total. The first-order valence-corrected chi connectivity index (χ1v) is 5.45. The molecule has 0 amide bonds. The van der Waals surface area contributed by atoms with Gasteiger partial charge in [-0.2, -0.15) is 0 Å². The van der Waals surface area contributed by atoms with E-state index in [4.69, 9.17) is 23.2 Å². The Kier molecular flexibility index (Phi) is 2.81. The normalized spacial score (nSPS) is 11.3. The summed E-state index contributed by atoms with van der Waals surface area (Å²) in [5.41, 5.74) is 1.14. The lowest BCUT2D eigenvalue weighted by Crippen LogP contribution is -1.93. The van der Waals surface area contributed by atoms with E-state index in [1.807, 2.05) is 6.07 Å². The quantitative estimate of drug-likeness (QED) is 0.703. The van der Waals surface area contributed by atoms with E-state index in [-0.39, 0.29) is 0 Å².